The van der Waals surface area contributed by atoms with Crippen molar-refractivity contribution in [3.05, 3.63) is 90.5 Å². The molecule has 3 heterocycles. The fourth-order valence-electron chi connectivity index (χ4n) is 7.31. The van der Waals surface area contributed by atoms with E-state index in [2.05, 4.69) is 13.2 Å². The number of aliphatic hydroxyl groups excluding tert-OH is 1. The Morgan fingerprint density at radius 2 is 1.83 bits per heavy atom. The van der Waals surface area contributed by atoms with Crippen LogP contribution in [-0.4, -0.2) is 81.5 Å². The average molecular weight is 588 g/mol. The first-order valence-corrected chi connectivity index (χ1v) is 15.6. The molecule has 0 radical (unpaired) electrons. The Bertz CT molecular complexity index is 1380. The minimum atomic E-state index is -0.826. The quantitative estimate of drug-likeness (QED) is 0.400. The Hall–Kier alpha value is -3.36. The first-order chi connectivity index (χ1) is 20.2. The predicted molar refractivity (Wildman–Crippen MR) is 168 cm³/mol. The van der Waals surface area contributed by atoms with Crippen LogP contribution in [0.15, 0.2) is 73.8 Å². The smallest absolute Gasteiger partial charge is 0.251 e. The van der Waals surface area contributed by atoms with Gasteiger partial charge in [0.2, 0.25) is 11.8 Å². The average Bonchev–Trinajstić information content (AvgIpc) is 3.63. The number of carbonyl (C=O) groups is 3. The lowest BCUT2D eigenvalue weighted by Crippen LogP contribution is -2.58. The van der Waals surface area contributed by atoms with E-state index in [9.17, 15) is 19.5 Å². The van der Waals surface area contributed by atoms with E-state index in [1.807, 2.05) is 62.4 Å². The summed E-state index contributed by atoms with van der Waals surface area (Å²) in [6.45, 7) is 12.1. The van der Waals surface area contributed by atoms with Crippen LogP contribution in [0.4, 0.5) is 5.69 Å². The van der Waals surface area contributed by atoms with Crippen molar-refractivity contribution >= 4 is 35.2 Å². The summed E-state index contributed by atoms with van der Waals surface area (Å²) in [6, 6.07) is 14.3. The van der Waals surface area contributed by atoms with Crippen LogP contribution in [0.25, 0.3) is 0 Å². The number of thioether (sulfide) groups is 1. The van der Waals surface area contributed by atoms with Gasteiger partial charge in [-0.15, -0.1) is 24.9 Å². The molecule has 222 valence electrons. The number of aliphatic hydroxyl groups is 1. The van der Waals surface area contributed by atoms with Crippen LogP contribution in [0, 0.1) is 25.7 Å². The molecule has 2 aromatic rings. The van der Waals surface area contributed by atoms with Crippen molar-refractivity contribution in [3.8, 4) is 0 Å². The van der Waals surface area contributed by atoms with Crippen molar-refractivity contribution < 1.29 is 19.5 Å². The third-order valence-corrected chi connectivity index (χ3v) is 11.1. The van der Waals surface area contributed by atoms with Gasteiger partial charge >= 0.3 is 0 Å². The molecule has 5 rings (SSSR count). The zero-order valence-corrected chi connectivity index (χ0v) is 25.6. The van der Waals surface area contributed by atoms with Crippen LogP contribution < -0.4 is 4.90 Å². The van der Waals surface area contributed by atoms with Gasteiger partial charge in [0.05, 0.1) is 29.2 Å². The Morgan fingerprint density at radius 1 is 1.12 bits per heavy atom. The van der Waals surface area contributed by atoms with E-state index in [0.29, 0.717) is 19.4 Å². The molecule has 3 amide bonds. The summed E-state index contributed by atoms with van der Waals surface area (Å²) in [6.07, 6.45) is 5.22. The molecule has 1 spiro atoms. The molecule has 2 aromatic carbocycles. The Labute approximate surface area is 253 Å². The molecule has 42 heavy (non-hydrogen) atoms. The molecule has 6 atom stereocenters. The number of nitrogens with zero attached hydrogens (tertiary/aromatic N) is 3. The number of amides is 3. The monoisotopic (exact) mass is 587 g/mol. The molecule has 2 unspecified atom stereocenters. The summed E-state index contributed by atoms with van der Waals surface area (Å²) in [4.78, 5) is 48.4. The number of rotatable bonds is 11. The standard InChI is InChI=1S/C34H41N3O4S/c1-6-17-35(5)31(39)28-27-15-16-34(42-27)29(28)32(40)37(25(21-38)20-24-11-9-8-10-12-24)30(34)33(41)36(18-7-2)26-19-22(3)13-14-23(26)4/h6-14,19,25,27-30,38H,1-2,15-18,20-21H2,3-5H3/t25-,27-,28+,29+,30?,34?/m1/s1. The van der Waals surface area contributed by atoms with E-state index in [4.69, 9.17) is 0 Å². The topological polar surface area (TPSA) is 81.2 Å². The summed E-state index contributed by atoms with van der Waals surface area (Å²) in [5, 5.41) is 10.7. The molecule has 3 aliphatic rings. The largest absolute Gasteiger partial charge is 0.394 e. The highest BCUT2D eigenvalue weighted by Gasteiger charge is 2.74. The molecule has 0 aliphatic carbocycles. The van der Waals surface area contributed by atoms with Crippen LogP contribution >= 0.6 is 11.8 Å². The number of hydrogen-bond acceptors (Lipinski definition) is 5. The summed E-state index contributed by atoms with van der Waals surface area (Å²) >= 11 is 1.65. The van der Waals surface area contributed by atoms with E-state index in [0.717, 1.165) is 28.8 Å². The minimum Gasteiger partial charge on any atom is -0.394 e. The van der Waals surface area contributed by atoms with Crippen molar-refractivity contribution in [2.45, 2.75) is 55.2 Å². The van der Waals surface area contributed by atoms with Crippen LogP contribution in [0.1, 0.15) is 29.5 Å². The van der Waals surface area contributed by atoms with Crippen molar-refractivity contribution in [1.29, 1.82) is 0 Å². The zero-order chi connectivity index (χ0) is 30.2. The highest BCUT2D eigenvalue weighted by atomic mass is 32.2. The van der Waals surface area contributed by atoms with E-state index >= 15 is 0 Å². The highest BCUT2D eigenvalue weighted by molar-refractivity contribution is 8.02. The SMILES string of the molecule is C=CCN(C)C(=O)[C@@H]1[C@H]2C(=O)N([C@@H](CO)Cc3ccccc3)C(C(=O)N(CC=C)c3cc(C)ccc3C)C23CC[C@H]1S3. The molecule has 3 aliphatic heterocycles. The Morgan fingerprint density at radius 3 is 2.50 bits per heavy atom. The van der Waals surface area contributed by atoms with E-state index in [1.54, 1.807) is 45.7 Å². The third-order valence-electron chi connectivity index (χ3n) is 9.19. The maximum Gasteiger partial charge on any atom is 0.251 e. The number of anilines is 1. The molecule has 2 bridgehead atoms. The lowest BCUT2D eigenvalue weighted by molar-refractivity contribution is -0.144. The molecular formula is C34H41N3O4S. The molecule has 3 saturated heterocycles. The molecule has 3 fully saturated rings. The van der Waals surface area contributed by atoms with Crippen molar-refractivity contribution in [2.75, 3.05) is 31.6 Å². The predicted octanol–water partition coefficient (Wildman–Crippen LogP) is 4.16. The van der Waals surface area contributed by atoms with Crippen LogP contribution in [-0.2, 0) is 20.8 Å². The Kier molecular flexibility index (Phi) is 8.67. The minimum absolute atomic E-state index is 0.0357. The van der Waals surface area contributed by atoms with Gasteiger partial charge < -0.3 is 19.8 Å². The van der Waals surface area contributed by atoms with Gasteiger partial charge in [-0.3, -0.25) is 14.4 Å². The molecule has 0 saturated carbocycles. The third kappa shape index (κ3) is 4.98. The molecule has 8 heteroatoms. The van der Waals surface area contributed by atoms with E-state index < -0.39 is 28.7 Å². The van der Waals surface area contributed by atoms with Crippen LogP contribution in [0.5, 0.6) is 0 Å². The van der Waals surface area contributed by atoms with Crippen molar-refractivity contribution in [1.82, 2.24) is 9.80 Å². The van der Waals surface area contributed by atoms with Gasteiger partial charge in [-0.05, 0) is 55.9 Å². The first kappa shape index (κ1) is 30.1. The molecule has 0 aromatic heterocycles. The lowest BCUT2D eigenvalue weighted by Gasteiger charge is -2.40. The van der Waals surface area contributed by atoms with Gasteiger partial charge in [0.1, 0.15) is 6.04 Å². The van der Waals surface area contributed by atoms with Gasteiger partial charge in [0.25, 0.3) is 5.91 Å². The number of benzene rings is 2. The highest BCUT2D eigenvalue weighted by Crippen LogP contribution is 2.67. The van der Waals surface area contributed by atoms with Gasteiger partial charge in [0, 0.05) is 31.1 Å². The number of likely N-dealkylation sites (tertiary alicyclic amines) is 1. The zero-order valence-electron chi connectivity index (χ0n) is 24.7. The van der Waals surface area contributed by atoms with Crippen molar-refractivity contribution in [3.63, 3.8) is 0 Å². The maximum absolute atomic E-state index is 14.9. The van der Waals surface area contributed by atoms with E-state index in [-0.39, 0.29) is 36.1 Å². The second-order valence-electron chi connectivity index (χ2n) is 11.9. The fraction of sp³-hybridized carbons (Fsp3) is 0.441. The fourth-order valence-corrected chi connectivity index (χ4v) is 9.51. The number of likely N-dealkylation sites (N-methyl/N-ethyl adjacent to an activating group) is 1. The number of carbonyl (C=O) groups excluding carboxylic acids is 3. The van der Waals surface area contributed by atoms with Gasteiger partial charge in [-0.1, -0.05) is 54.6 Å². The number of hydrogen-bond donors (Lipinski definition) is 1. The van der Waals surface area contributed by atoms with E-state index in [1.165, 1.54) is 0 Å². The number of fused-ring (bicyclic) bond motifs is 1. The van der Waals surface area contributed by atoms with Crippen molar-refractivity contribution in [2.24, 2.45) is 11.8 Å². The van der Waals surface area contributed by atoms with Gasteiger partial charge in [-0.2, -0.15) is 0 Å². The maximum atomic E-state index is 14.9. The first-order valence-electron chi connectivity index (χ1n) is 14.7. The summed E-state index contributed by atoms with van der Waals surface area (Å²) in [5.74, 6) is -1.63. The van der Waals surface area contributed by atoms with Gasteiger partial charge in [0.15, 0.2) is 0 Å². The summed E-state index contributed by atoms with van der Waals surface area (Å²) in [7, 11) is 1.74. The second-order valence-corrected chi connectivity index (χ2v) is 13.5. The molecular weight excluding hydrogens is 546 g/mol. The molecule has 7 nitrogen and oxygen atoms in total. The summed E-state index contributed by atoms with van der Waals surface area (Å²) < 4.78 is -0.755. The summed E-state index contributed by atoms with van der Waals surface area (Å²) in [5.41, 5.74) is 3.73. The van der Waals surface area contributed by atoms with Gasteiger partial charge in [-0.25, -0.2) is 0 Å². The lowest BCUT2D eigenvalue weighted by atomic mass is 9.70. The Balaban J connectivity index is 1.63. The van der Waals surface area contributed by atoms with Crippen LogP contribution in [0.3, 0.4) is 0 Å². The molecule has 1 N–H and O–H groups in total. The van der Waals surface area contributed by atoms with Crippen LogP contribution in [0.2, 0.25) is 0 Å². The second kappa shape index (κ2) is 12.1. The normalized spacial score (nSPS) is 26.6. The number of aryl methyl sites for hydroxylation is 2.